The van der Waals surface area contributed by atoms with Crippen LogP contribution in [0.1, 0.15) is 27.7 Å². The van der Waals surface area contributed by atoms with Crippen LogP contribution in [0.15, 0.2) is 0 Å². The van der Waals surface area contributed by atoms with Crippen molar-refractivity contribution >= 4 is 11.9 Å². The molecule has 0 saturated carbocycles. The minimum Gasteiger partial charge on any atom is -0.481 e. The summed E-state index contributed by atoms with van der Waals surface area (Å²) in [6.45, 7) is 9.29. The lowest BCUT2D eigenvalue weighted by molar-refractivity contribution is -0.150. The zero-order valence-electron chi connectivity index (χ0n) is 11.0. The third-order valence-corrected chi connectivity index (χ3v) is 3.07. The minimum atomic E-state index is -0.765. The lowest BCUT2D eigenvalue weighted by Crippen LogP contribution is -2.55. The number of carboxylic acids is 1. The van der Waals surface area contributed by atoms with Crippen molar-refractivity contribution in [3.05, 3.63) is 0 Å². The molecule has 0 aromatic carbocycles. The fourth-order valence-corrected chi connectivity index (χ4v) is 2.30. The molecular formula is C12H22N2O3. The fourth-order valence-electron chi connectivity index (χ4n) is 2.30. The second kappa shape index (κ2) is 5.49. The first-order valence-corrected chi connectivity index (χ1v) is 6.09. The molecule has 1 rings (SSSR count). The zero-order valence-corrected chi connectivity index (χ0v) is 11.0. The standard InChI is InChI=1S/C12H22N2O3/c1-8(2)14(9(3)4)11(15)7-13-5-10(6-13)12(16)17/h8-10H,5-7H2,1-4H3,(H,16,17). The molecule has 0 bridgehead atoms. The largest absolute Gasteiger partial charge is 0.481 e. The number of hydrogen-bond donors (Lipinski definition) is 1. The van der Waals surface area contributed by atoms with Crippen LogP contribution >= 0.6 is 0 Å². The van der Waals surface area contributed by atoms with Crippen LogP contribution in [0, 0.1) is 5.92 Å². The molecule has 1 N–H and O–H groups in total. The topological polar surface area (TPSA) is 60.9 Å². The van der Waals surface area contributed by atoms with E-state index in [0.717, 1.165) is 0 Å². The Balaban J connectivity index is 2.42. The average Bonchev–Trinajstić information content (AvgIpc) is 2.08. The van der Waals surface area contributed by atoms with Crippen LogP contribution in [0.5, 0.6) is 0 Å². The summed E-state index contributed by atoms with van der Waals surface area (Å²) in [5.41, 5.74) is 0. The molecule has 0 aromatic heterocycles. The van der Waals surface area contributed by atoms with Crippen LogP contribution in [-0.2, 0) is 9.59 Å². The third-order valence-electron chi connectivity index (χ3n) is 3.07. The van der Waals surface area contributed by atoms with Crippen LogP contribution in [0.25, 0.3) is 0 Å². The van der Waals surface area contributed by atoms with Gasteiger partial charge in [-0.05, 0) is 27.7 Å². The van der Waals surface area contributed by atoms with Crippen molar-refractivity contribution in [3.63, 3.8) is 0 Å². The summed E-state index contributed by atoms with van der Waals surface area (Å²) >= 11 is 0. The quantitative estimate of drug-likeness (QED) is 0.769. The Bertz CT molecular complexity index is 288. The van der Waals surface area contributed by atoms with E-state index in [-0.39, 0.29) is 23.9 Å². The number of likely N-dealkylation sites (tertiary alicyclic amines) is 1. The maximum atomic E-state index is 12.0. The van der Waals surface area contributed by atoms with Crippen molar-refractivity contribution < 1.29 is 14.7 Å². The van der Waals surface area contributed by atoms with Crippen LogP contribution in [-0.4, -0.2) is 58.5 Å². The Morgan fingerprint density at radius 1 is 1.24 bits per heavy atom. The van der Waals surface area contributed by atoms with Crippen molar-refractivity contribution in [2.45, 2.75) is 39.8 Å². The van der Waals surface area contributed by atoms with E-state index in [0.29, 0.717) is 19.6 Å². The first-order valence-electron chi connectivity index (χ1n) is 6.09. The number of rotatable bonds is 5. The number of carbonyl (C=O) groups is 2. The van der Waals surface area contributed by atoms with Crippen molar-refractivity contribution in [1.82, 2.24) is 9.80 Å². The molecule has 0 aromatic rings. The molecule has 1 aliphatic heterocycles. The van der Waals surface area contributed by atoms with Crippen molar-refractivity contribution in [2.75, 3.05) is 19.6 Å². The summed E-state index contributed by atoms with van der Waals surface area (Å²) in [7, 11) is 0. The highest BCUT2D eigenvalue weighted by Crippen LogP contribution is 2.16. The number of nitrogens with zero attached hydrogens (tertiary/aromatic N) is 2. The van der Waals surface area contributed by atoms with Crippen LogP contribution in [0.4, 0.5) is 0 Å². The summed E-state index contributed by atoms with van der Waals surface area (Å²) in [6, 6.07) is 0.359. The zero-order chi connectivity index (χ0) is 13.2. The van der Waals surface area contributed by atoms with E-state index in [4.69, 9.17) is 5.11 Å². The van der Waals surface area contributed by atoms with Gasteiger partial charge in [-0.25, -0.2) is 0 Å². The van der Waals surface area contributed by atoms with Gasteiger partial charge in [0.1, 0.15) is 0 Å². The first kappa shape index (κ1) is 14.0. The summed E-state index contributed by atoms with van der Waals surface area (Å²) in [6.07, 6.45) is 0. The van der Waals surface area contributed by atoms with Crippen molar-refractivity contribution in [3.8, 4) is 0 Å². The summed E-state index contributed by atoms with van der Waals surface area (Å²) in [5.74, 6) is -0.980. The molecule has 1 aliphatic rings. The van der Waals surface area contributed by atoms with Gasteiger partial charge in [0.05, 0.1) is 12.5 Å². The average molecular weight is 242 g/mol. The molecule has 1 amide bonds. The predicted molar refractivity (Wildman–Crippen MR) is 64.7 cm³/mol. The number of hydrogen-bond acceptors (Lipinski definition) is 3. The van der Waals surface area contributed by atoms with Gasteiger partial charge in [-0.1, -0.05) is 0 Å². The van der Waals surface area contributed by atoms with Crippen LogP contribution in [0.2, 0.25) is 0 Å². The number of aliphatic carboxylic acids is 1. The van der Waals surface area contributed by atoms with Gasteiger partial charge in [-0.2, -0.15) is 0 Å². The van der Waals surface area contributed by atoms with Crippen molar-refractivity contribution in [1.29, 1.82) is 0 Å². The lowest BCUT2D eigenvalue weighted by atomic mass is 10.0. The third kappa shape index (κ3) is 3.43. The molecule has 5 heteroatoms. The van der Waals surface area contributed by atoms with E-state index in [2.05, 4.69) is 0 Å². The summed E-state index contributed by atoms with van der Waals surface area (Å²) < 4.78 is 0. The highest BCUT2D eigenvalue weighted by molar-refractivity contribution is 5.79. The van der Waals surface area contributed by atoms with Crippen LogP contribution in [0.3, 0.4) is 0 Å². The Morgan fingerprint density at radius 2 is 1.71 bits per heavy atom. The normalized spacial score (nSPS) is 17.3. The highest BCUT2D eigenvalue weighted by atomic mass is 16.4. The molecule has 1 saturated heterocycles. The first-order chi connectivity index (χ1) is 7.82. The van der Waals surface area contributed by atoms with Gasteiger partial charge < -0.3 is 10.0 Å². The molecule has 0 atom stereocenters. The van der Waals surface area contributed by atoms with E-state index in [1.54, 1.807) is 0 Å². The van der Waals surface area contributed by atoms with E-state index in [1.165, 1.54) is 0 Å². The Morgan fingerprint density at radius 3 is 2.06 bits per heavy atom. The fraction of sp³-hybridized carbons (Fsp3) is 0.833. The minimum absolute atomic E-state index is 0.0823. The smallest absolute Gasteiger partial charge is 0.309 e. The number of amides is 1. The van der Waals surface area contributed by atoms with Gasteiger partial charge in [-0.3, -0.25) is 14.5 Å². The van der Waals surface area contributed by atoms with Gasteiger partial charge >= 0.3 is 5.97 Å². The second-order valence-corrected chi connectivity index (χ2v) is 5.22. The van der Waals surface area contributed by atoms with E-state index < -0.39 is 5.97 Å². The number of carbonyl (C=O) groups excluding carboxylic acids is 1. The molecule has 17 heavy (non-hydrogen) atoms. The van der Waals surface area contributed by atoms with E-state index in [1.807, 2.05) is 37.5 Å². The molecule has 98 valence electrons. The van der Waals surface area contributed by atoms with Crippen molar-refractivity contribution in [2.24, 2.45) is 5.92 Å². The molecule has 1 heterocycles. The van der Waals surface area contributed by atoms with Gasteiger partial charge in [0, 0.05) is 25.2 Å². The Labute approximate surface area is 102 Å². The monoisotopic (exact) mass is 242 g/mol. The highest BCUT2D eigenvalue weighted by Gasteiger charge is 2.34. The molecule has 1 fully saturated rings. The summed E-state index contributed by atoms with van der Waals surface area (Å²) in [5, 5.41) is 8.75. The maximum Gasteiger partial charge on any atom is 0.309 e. The van der Waals surface area contributed by atoms with Gasteiger partial charge in [-0.15, -0.1) is 0 Å². The molecule has 0 aliphatic carbocycles. The maximum absolute atomic E-state index is 12.0. The Kier molecular flexibility index (Phi) is 4.51. The lowest BCUT2D eigenvalue weighted by Gasteiger charge is -2.39. The van der Waals surface area contributed by atoms with Gasteiger partial charge in [0.25, 0.3) is 0 Å². The SMILES string of the molecule is CC(C)N(C(=O)CN1CC(C(=O)O)C1)C(C)C. The number of carboxylic acid groups (broad SMARTS) is 1. The molecule has 5 nitrogen and oxygen atoms in total. The van der Waals surface area contributed by atoms with E-state index >= 15 is 0 Å². The molecule has 0 radical (unpaired) electrons. The molecular weight excluding hydrogens is 220 g/mol. The Hall–Kier alpha value is -1.10. The van der Waals surface area contributed by atoms with Gasteiger partial charge in [0.15, 0.2) is 0 Å². The predicted octanol–water partition coefficient (Wildman–Crippen LogP) is 0.648. The molecule has 0 unspecified atom stereocenters. The van der Waals surface area contributed by atoms with Crippen LogP contribution < -0.4 is 0 Å². The summed E-state index contributed by atoms with van der Waals surface area (Å²) in [4.78, 5) is 26.4. The molecule has 0 spiro atoms. The van der Waals surface area contributed by atoms with Gasteiger partial charge in [0.2, 0.25) is 5.91 Å². The van der Waals surface area contributed by atoms with E-state index in [9.17, 15) is 9.59 Å². The second-order valence-electron chi connectivity index (χ2n) is 5.22.